The Morgan fingerprint density at radius 1 is 0.784 bits per heavy atom. The first kappa shape index (κ1) is 45.7. The summed E-state index contributed by atoms with van der Waals surface area (Å²) in [6.07, 6.45) is 2.21. The first-order chi connectivity index (χ1) is 24.1. The summed E-state index contributed by atoms with van der Waals surface area (Å²) in [6, 6.07) is -3.44. The van der Waals surface area contributed by atoms with Gasteiger partial charge in [0.2, 0.25) is 29.5 Å². The van der Waals surface area contributed by atoms with Gasteiger partial charge >= 0.3 is 5.97 Å². The zero-order chi connectivity index (χ0) is 38.5. The molecule has 0 radical (unpaired) electrons. The first-order valence-corrected chi connectivity index (χ1v) is 18.8. The molecule has 5 amide bonds. The van der Waals surface area contributed by atoms with E-state index in [1.165, 1.54) is 0 Å². The van der Waals surface area contributed by atoms with Crippen molar-refractivity contribution in [1.29, 1.82) is 0 Å². The third-order valence-electron chi connectivity index (χ3n) is 9.06. The van der Waals surface area contributed by atoms with E-state index >= 15 is 0 Å². The Balaban J connectivity index is 2.83. The summed E-state index contributed by atoms with van der Waals surface area (Å²) >= 11 is 0. The molecule has 1 aliphatic rings. The van der Waals surface area contributed by atoms with Crippen LogP contribution in [0.5, 0.6) is 0 Å². The van der Waals surface area contributed by atoms with Gasteiger partial charge in [0.1, 0.15) is 18.1 Å². The Bertz CT molecular complexity index is 1100. The van der Waals surface area contributed by atoms with E-state index in [2.05, 4.69) is 36.8 Å². The fourth-order valence-corrected chi connectivity index (χ4v) is 5.73. The van der Waals surface area contributed by atoms with Gasteiger partial charge in [0, 0.05) is 51.6 Å². The maximum atomic E-state index is 13.6. The van der Waals surface area contributed by atoms with Crippen molar-refractivity contribution in [2.24, 2.45) is 17.8 Å². The summed E-state index contributed by atoms with van der Waals surface area (Å²) in [5, 5.41) is 26.5. The van der Waals surface area contributed by atoms with Gasteiger partial charge in [0.05, 0.1) is 19.3 Å². The molecule has 2 unspecified atom stereocenters. The Labute approximate surface area is 304 Å². The number of amides is 5. The van der Waals surface area contributed by atoms with Crippen LogP contribution in [0.4, 0.5) is 0 Å². The third-order valence-corrected chi connectivity index (χ3v) is 9.06. The smallest absolute Gasteiger partial charge is 0.303 e. The monoisotopic (exact) mass is 726 g/mol. The minimum Gasteiger partial charge on any atom is -0.481 e. The molecule has 51 heavy (non-hydrogen) atoms. The Morgan fingerprint density at radius 3 is 2.02 bits per heavy atom. The van der Waals surface area contributed by atoms with Gasteiger partial charge in [0.15, 0.2) is 0 Å². The van der Waals surface area contributed by atoms with Crippen LogP contribution in [0.2, 0.25) is 0 Å². The highest BCUT2D eigenvalue weighted by molar-refractivity contribution is 5.92. The highest BCUT2D eigenvalue weighted by Gasteiger charge is 2.31. The van der Waals surface area contributed by atoms with Crippen molar-refractivity contribution in [2.45, 2.75) is 131 Å². The second-order valence-electron chi connectivity index (χ2n) is 14.5. The molecule has 0 aromatic carbocycles. The largest absolute Gasteiger partial charge is 0.481 e. The topological polar surface area (TPSA) is 207 Å². The van der Waals surface area contributed by atoms with Crippen molar-refractivity contribution in [3.8, 4) is 0 Å². The second kappa shape index (κ2) is 24.8. The highest BCUT2D eigenvalue weighted by atomic mass is 16.5. The van der Waals surface area contributed by atoms with Gasteiger partial charge in [-0.15, -0.1) is 0 Å². The van der Waals surface area contributed by atoms with E-state index < -0.39 is 42.0 Å². The summed E-state index contributed by atoms with van der Waals surface area (Å²) in [5.74, 6) is -2.95. The third kappa shape index (κ3) is 18.7. The standard InChI is InChI=1S/C36H67N7O8/c1-9-12-28(40-36(50)32(25(7)10-2)41-29(44)13-11-14-30(45)46)34(48)39-27(21-23(3)4)22-38-26(8)33(47)42-31(24(5)6)35(49)37-15-16-43-17-19-51-20-18-43/h23-28,31-32,38H,9-22H2,1-8H3,(H,37,49)(H,39,48)(H,40,50)(H,41,44)(H,42,47)(H,45,46)/t25-,26-,27?,28-,31-,32?/m0/s1. The Morgan fingerprint density at radius 2 is 1.45 bits per heavy atom. The number of hydrogen-bond acceptors (Lipinski definition) is 9. The van der Waals surface area contributed by atoms with Crippen LogP contribution in [-0.2, 0) is 33.5 Å². The van der Waals surface area contributed by atoms with E-state index in [0.29, 0.717) is 52.0 Å². The van der Waals surface area contributed by atoms with Crippen LogP contribution in [-0.4, -0.2) is 122 Å². The molecule has 1 rings (SSSR count). The molecule has 1 aliphatic heterocycles. The fraction of sp³-hybridized carbons (Fsp3) is 0.833. The van der Waals surface area contributed by atoms with Crippen LogP contribution < -0.4 is 31.9 Å². The summed E-state index contributed by atoms with van der Waals surface area (Å²) in [7, 11) is 0. The molecule has 0 saturated carbocycles. The SMILES string of the molecule is CCC[C@H](NC(=O)C(NC(=O)CCCC(=O)O)[C@@H](C)CC)C(=O)NC(CN[C@@H](C)C(=O)N[C@H](C(=O)NCCN1CCOCC1)C(C)C)CC(C)C. The molecule has 294 valence electrons. The van der Waals surface area contributed by atoms with Gasteiger partial charge in [-0.2, -0.15) is 0 Å². The van der Waals surface area contributed by atoms with Crippen molar-refractivity contribution < 1.29 is 38.6 Å². The summed E-state index contributed by atoms with van der Waals surface area (Å²) in [5.41, 5.74) is 0. The molecule has 15 heteroatoms. The van der Waals surface area contributed by atoms with E-state index in [4.69, 9.17) is 9.84 Å². The van der Waals surface area contributed by atoms with Gasteiger partial charge in [-0.3, -0.25) is 33.7 Å². The average molecular weight is 726 g/mol. The molecule has 1 saturated heterocycles. The molecule has 0 aromatic heterocycles. The summed E-state index contributed by atoms with van der Waals surface area (Å²) < 4.78 is 5.37. The number of nitrogens with one attached hydrogen (secondary N) is 6. The molecule has 0 bridgehead atoms. The van der Waals surface area contributed by atoms with Gasteiger partial charge in [0.25, 0.3) is 0 Å². The molecule has 7 N–H and O–H groups in total. The van der Waals surface area contributed by atoms with Crippen LogP contribution in [0.3, 0.4) is 0 Å². The van der Waals surface area contributed by atoms with Crippen molar-refractivity contribution in [3.63, 3.8) is 0 Å². The minimum absolute atomic E-state index is 0.0214. The molecular weight excluding hydrogens is 658 g/mol. The number of ether oxygens (including phenoxy) is 1. The maximum Gasteiger partial charge on any atom is 0.303 e. The number of carboxylic acids is 1. The molecule has 0 spiro atoms. The molecule has 0 aromatic rings. The maximum absolute atomic E-state index is 13.6. The molecule has 1 fully saturated rings. The quantitative estimate of drug-likeness (QED) is 0.0715. The number of carbonyl (C=O) groups is 6. The number of carbonyl (C=O) groups excluding carboxylic acids is 5. The molecule has 1 heterocycles. The predicted molar refractivity (Wildman–Crippen MR) is 196 cm³/mol. The minimum atomic E-state index is -0.994. The number of aliphatic carboxylic acids is 1. The van der Waals surface area contributed by atoms with E-state index in [0.717, 1.165) is 13.1 Å². The molecule has 0 aliphatic carbocycles. The number of rotatable bonds is 25. The summed E-state index contributed by atoms with van der Waals surface area (Å²) in [6.45, 7) is 19.7. The zero-order valence-corrected chi connectivity index (χ0v) is 32.3. The van der Waals surface area contributed by atoms with Crippen LogP contribution in [0.25, 0.3) is 0 Å². The van der Waals surface area contributed by atoms with Gasteiger partial charge in [-0.1, -0.05) is 61.3 Å². The normalized spacial score (nSPS) is 17.1. The van der Waals surface area contributed by atoms with Crippen molar-refractivity contribution in [1.82, 2.24) is 36.8 Å². The number of morpholine rings is 1. The van der Waals surface area contributed by atoms with Gasteiger partial charge in [-0.25, -0.2) is 0 Å². The van der Waals surface area contributed by atoms with Crippen LogP contribution in [0.15, 0.2) is 0 Å². The fourth-order valence-electron chi connectivity index (χ4n) is 5.73. The van der Waals surface area contributed by atoms with Gasteiger partial charge < -0.3 is 41.7 Å². The lowest BCUT2D eigenvalue weighted by atomic mass is 9.97. The predicted octanol–water partition coefficient (Wildman–Crippen LogP) is 1.16. The Kier molecular flexibility index (Phi) is 22.2. The summed E-state index contributed by atoms with van der Waals surface area (Å²) in [4.78, 5) is 78.8. The first-order valence-electron chi connectivity index (χ1n) is 18.8. The van der Waals surface area contributed by atoms with E-state index in [-0.39, 0.29) is 67.3 Å². The molecule has 6 atom stereocenters. The lowest BCUT2D eigenvalue weighted by Crippen LogP contribution is -2.58. The van der Waals surface area contributed by atoms with E-state index in [1.807, 2.05) is 48.5 Å². The van der Waals surface area contributed by atoms with E-state index in [9.17, 15) is 28.8 Å². The number of carboxylic acid groups (broad SMARTS) is 1. The van der Waals surface area contributed by atoms with Crippen LogP contribution in [0, 0.1) is 17.8 Å². The van der Waals surface area contributed by atoms with Gasteiger partial charge in [-0.05, 0) is 43.9 Å². The lowest BCUT2D eigenvalue weighted by Gasteiger charge is -2.29. The number of hydrogen-bond donors (Lipinski definition) is 7. The number of nitrogens with zero attached hydrogens (tertiary/aromatic N) is 1. The zero-order valence-electron chi connectivity index (χ0n) is 32.3. The van der Waals surface area contributed by atoms with E-state index in [1.54, 1.807) is 6.92 Å². The van der Waals surface area contributed by atoms with Crippen molar-refractivity contribution in [2.75, 3.05) is 45.9 Å². The Hall–Kier alpha value is -3.30. The highest BCUT2D eigenvalue weighted by Crippen LogP contribution is 2.12. The molecular formula is C36H67N7O8. The molecule has 15 nitrogen and oxygen atoms in total. The second-order valence-corrected chi connectivity index (χ2v) is 14.5. The van der Waals surface area contributed by atoms with Crippen molar-refractivity contribution >= 4 is 35.5 Å². The van der Waals surface area contributed by atoms with Crippen molar-refractivity contribution in [3.05, 3.63) is 0 Å². The van der Waals surface area contributed by atoms with Crippen LogP contribution >= 0.6 is 0 Å². The van der Waals surface area contributed by atoms with Crippen LogP contribution in [0.1, 0.15) is 100 Å². The average Bonchev–Trinajstić information content (AvgIpc) is 3.07. The lowest BCUT2D eigenvalue weighted by molar-refractivity contribution is -0.137.